The number of benzene rings is 1. The van der Waals surface area contributed by atoms with E-state index in [1.807, 2.05) is 48.0 Å². The molecule has 0 saturated heterocycles. The molecular weight excluding hydrogens is 284 g/mol. The van der Waals surface area contributed by atoms with Gasteiger partial charge < -0.3 is 15.5 Å². The summed E-state index contributed by atoms with van der Waals surface area (Å²) in [6.07, 6.45) is 3.71. The number of hydrogen-bond donors (Lipinski definition) is 2. The van der Waals surface area contributed by atoms with Crippen molar-refractivity contribution in [2.24, 2.45) is 10.9 Å². The van der Waals surface area contributed by atoms with Crippen LogP contribution in [0.4, 0.5) is 0 Å². The van der Waals surface area contributed by atoms with Crippen LogP contribution in [0.25, 0.3) is 10.7 Å². The fraction of sp³-hybridized carbons (Fsp3) is 0.0667. The molecule has 0 aliphatic heterocycles. The van der Waals surface area contributed by atoms with Gasteiger partial charge in [-0.2, -0.15) is 0 Å². The summed E-state index contributed by atoms with van der Waals surface area (Å²) in [5.41, 5.74) is 7.44. The predicted octanol–water partition coefficient (Wildman–Crippen LogP) is 2.75. The summed E-state index contributed by atoms with van der Waals surface area (Å²) in [5, 5.41) is 14.0. The van der Waals surface area contributed by atoms with Gasteiger partial charge in [-0.25, -0.2) is 4.98 Å². The van der Waals surface area contributed by atoms with Gasteiger partial charge in [0.2, 0.25) is 0 Å². The molecule has 0 radical (unpaired) electrons. The summed E-state index contributed by atoms with van der Waals surface area (Å²) in [6.45, 7) is 0.611. The van der Waals surface area contributed by atoms with Gasteiger partial charge >= 0.3 is 0 Å². The second-order valence-electron chi connectivity index (χ2n) is 4.50. The molecule has 3 aromatic rings. The van der Waals surface area contributed by atoms with E-state index in [9.17, 15) is 0 Å². The number of nitrogens with two attached hydrogens (primary N) is 1. The van der Waals surface area contributed by atoms with Gasteiger partial charge in [-0.1, -0.05) is 35.5 Å². The van der Waals surface area contributed by atoms with Gasteiger partial charge in [-0.3, -0.25) is 0 Å². The molecule has 2 heterocycles. The van der Waals surface area contributed by atoms with E-state index in [0.717, 1.165) is 21.8 Å². The molecule has 21 heavy (non-hydrogen) atoms. The molecule has 0 spiro atoms. The first-order chi connectivity index (χ1) is 10.3. The minimum atomic E-state index is 0.114. The zero-order valence-electron chi connectivity index (χ0n) is 11.2. The Labute approximate surface area is 126 Å². The first kappa shape index (κ1) is 13.4. The number of imidazole rings is 1. The monoisotopic (exact) mass is 298 g/mol. The van der Waals surface area contributed by atoms with E-state index < -0.39 is 0 Å². The Morgan fingerprint density at radius 3 is 2.90 bits per heavy atom. The average Bonchev–Trinajstić information content (AvgIpc) is 3.17. The van der Waals surface area contributed by atoms with Crippen molar-refractivity contribution in [2.45, 2.75) is 6.54 Å². The highest BCUT2D eigenvalue weighted by Gasteiger charge is 2.11. The van der Waals surface area contributed by atoms with Crippen molar-refractivity contribution in [3.8, 4) is 10.7 Å². The van der Waals surface area contributed by atoms with Crippen molar-refractivity contribution in [2.75, 3.05) is 0 Å². The van der Waals surface area contributed by atoms with E-state index in [2.05, 4.69) is 14.7 Å². The number of oxime groups is 1. The SMILES string of the molecule is NC(=NO)c1ccccc1Cn1ccnc1-c1cccs1. The Morgan fingerprint density at radius 2 is 2.14 bits per heavy atom. The second kappa shape index (κ2) is 5.80. The van der Waals surface area contributed by atoms with Gasteiger partial charge in [0.15, 0.2) is 5.84 Å². The lowest BCUT2D eigenvalue weighted by Gasteiger charge is -2.11. The van der Waals surface area contributed by atoms with Gasteiger partial charge in [0.05, 0.1) is 4.88 Å². The third-order valence-corrected chi connectivity index (χ3v) is 4.06. The zero-order valence-corrected chi connectivity index (χ0v) is 12.0. The van der Waals surface area contributed by atoms with Crippen molar-refractivity contribution in [3.63, 3.8) is 0 Å². The van der Waals surface area contributed by atoms with Crippen LogP contribution in [0.1, 0.15) is 11.1 Å². The highest BCUT2D eigenvalue weighted by molar-refractivity contribution is 7.13. The number of rotatable bonds is 4. The topological polar surface area (TPSA) is 76.4 Å². The van der Waals surface area contributed by atoms with Crippen molar-refractivity contribution >= 4 is 17.2 Å². The fourth-order valence-corrected chi connectivity index (χ4v) is 2.95. The largest absolute Gasteiger partial charge is 0.409 e. The summed E-state index contributed by atoms with van der Waals surface area (Å²) < 4.78 is 2.05. The first-order valence-corrected chi connectivity index (χ1v) is 7.28. The molecule has 0 amide bonds. The van der Waals surface area contributed by atoms with E-state index in [1.54, 1.807) is 17.5 Å². The van der Waals surface area contributed by atoms with Crippen LogP contribution < -0.4 is 5.73 Å². The van der Waals surface area contributed by atoms with Crippen LogP contribution >= 0.6 is 11.3 Å². The maximum atomic E-state index is 8.89. The normalized spacial score (nSPS) is 11.7. The van der Waals surface area contributed by atoms with E-state index >= 15 is 0 Å². The molecule has 2 aromatic heterocycles. The predicted molar refractivity (Wildman–Crippen MR) is 83.6 cm³/mol. The Bertz CT molecular complexity index is 762. The summed E-state index contributed by atoms with van der Waals surface area (Å²) in [4.78, 5) is 5.52. The van der Waals surface area contributed by atoms with Gasteiger partial charge in [0.1, 0.15) is 5.82 Å². The molecule has 5 nitrogen and oxygen atoms in total. The average molecular weight is 298 g/mol. The first-order valence-electron chi connectivity index (χ1n) is 6.40. The second-order valence-corrected chi connectivity index (χ2v) is 5.45. The molecule has 0 saturated carbocycles. The van der Waals surface area contributed by atoms with Crippen LogP contribution in [0.5, 0.6) is 0 Å². The third-order valence-electron chi connectivity index (χ3n) is 3.20. The smallest absolute Gasteiger partial charge is 0.170 e. The molecule has 1 aromatic carbocycles. The fourth-order valence-electron chi connectivity index (χ4n) is 2.21. The molecule has 3 N–H and O–H groups in total. The lowest BCUT2D eigenvalue weighted by molar-refractivity contribution is 0.318. The minimum Gasteiger partial charge on any atom is -0.409 e. The Hall–Kier alpha value is -2.60. The van der Waals surface area contributed by atoms with Crippen molar-refractivity contribution in [1.29, 1.82) is 0 Å². The molecule has 0 unspecified atom stereocenters. The molecule has 0 aliphatic carbocycles. The third kappa shape index (κ3) is 2.66. The van der Waals surface area contributed by atoms with Crippen LogP contribution in [-0.2, 0) is 6.54 Å². The molecule has 0 fully saturated rings. The number of amidine groups is 1. The van der Waals surface area contributed by atoms with Crippen LogP contribution in [-0.4, -0.2) is 20.6 Å². The van der Waals surface area contributed by atoms with E-state index in [0.29, 0.717) is 6.54 Å². The van der Waals surface area contributed by atoms with Crippen LogP contribution in [0.15, 0.2) is 59.3 Å². The highest BCUT2D eigenvalue weighted by Crippen LogP contribution is 2.24. The minimum absolute atomic E-state index is 0.114. The van der Waals surface area contributed by atoms with E-state index in [4.69, 9.17) is 10.9 Å². The summed E-state index contributed by atoms with van der Waals surface area (Å²) in [7, 11) is 0. The van der Waals surface area contributed by atoms with Gasteiger partial charge in [-0.15, -0.1) is 11.3 Å². The maximum absolute atomic E-state index is 8.89. The lowest BCUT2D eigenvalue weighted by Crippen LogP contribution is -2.16. The quantitative estimate of drug-likeness (QED) is 0.336. The summed E-state index contributed by atoms with van der Waals surface area (Å²) in [6, 6.07) is 11.6. The van der Waals surface area contributed by atoms with Gasteiger partial charge in [-0.05, 0) is 17.0 Å². The van der Waals surface area contributed by atoms with Crippen molar-refractivity contribution in [1.82, 2.24) is 9.55 Å². The van der Waals surface area contributed by atoms with Crippen LogP contribution in [0, 0.1) is 0 Å². The van der Waals surface area contributed by atoms with Crippen molar-refractivity contribution in [3.05, 3.63) is 65.3 Å². The summed E-state index contributed by atoms with van der Waals surface area (Å²) >= 11 is 1.65. The molecule has 3 rings (SSSR count). The molecule has 0 bridgehead atoms. The zero-order chi connectivity index (χ0) is 14.7. The van der Waals surface area contributed by atoms with Crippen LogP contribution in [0.3, 0.4) is 0 Å². The standard InChI is InChI=1S/C15H14N4OS/c16-14(18-20)12-5-2-1-4-11(12)10-19-8-7-17-15(19)13-6-3-9-21-13/h1-9,20H,10H2,(H2,16,18). The van der Waals surface area contributed by atoms with Gasteiger partial charge in [0, 0.05) is 24.5 Å². The molecule has 0 atom stereocenters. The molecule has 106 valence electrons. The highest BCUT2D eigenvalue weighted by atomic mass is 32.1. The number of aromatic nitrogens is 2. The summed E-state index contributed by atoms with van der Waals surface area (Å²) in [5.74, 6) is 1.03. The molecule has 6 heteroatoms. The Kier molecular flexibility index (Phi) is 3.70. The Morgan fingerprint density at radius 1 is 1.29 bits per heavy atom. The Balaban J connectivity index is 1.98. The number of thiophene rings is 1. The van der Waals surface area contributed by atoms with Crippen molar-refractivity contribution < 1.29 is 5.21 Å². The lowest BCUT2D eigenvalue weighted by atomic mass is 10.1. The van der Waals surface area contributed by atoms with Gasteiger partial charge in [0.25, 0.3) is 0 Å². The van der Waals surface area contributed by atoms with E-state index in [-0.39, 0.29) is 5.84 Å². The van der Waals surface area contributed by atoms with Crippen LogP contribution in [0.2, 0.25) is 0 Å². The number of nitrogens with zero attached hydrogens (tertiary/aromatic N) is 3. The molecule has 0 aliphatic rings. The molecular formula is C15H14N4OS. The van der Waals surface area contributed by atoms with E-state index in [1.165, 1.54) is 0 Å². The number of hydrogen-bond acceptors (Lipinski definition) is 4. The maximum Gasteiger partial charge on any atom is 0.170 e.